The van der Waals surface area contributed by atoms with Crippen molar-refractivity contribution < 1.29 is 4.42 Å². The van der Waals surface area contributed by atoms with Crippen LogP contribution in [0.5, 0.6) is 0 Å². The first-order valence-corrected chi connectivity index (χ1v) is 7.58. The van der Waals surface area contributed by atoms with Crippen LogP contribution in [0.15, 0.2) is 45.4 Å². The molecule has 0 aliphatic carbocycles. The number of aromatic amines is 1. The van der Waals surface area contributed by atoms with Crippen molar-refractivity contribution in [1.82, 2.24) is 10.2 Å². The molecule has 0 fully saturated rings. The Kier molecular flexibility index (Phi) is 4.03. The van der Waals surface area contributed by atoms with Crippen molar-refractivity contribution in [2.24, 2.45) is 0 Å². The number of nitrogens with zero attached hydrogens (tertiary/aromatic N) is 1. The van der Waals surface area contributed by atoms with Crippen molar-refractivity contribution in [2.75, 3.05) is 5.32 Å². The largest absolute Gasteiger partial charge is 0.460 e. The van der Waals surface area contributed by atoms with Crippen molar-refractivity contribution >= 4 is 33.2 Å². The molecule has 1 aromatic carbocycles. The molecule has 2 N–H and O–H groups in total. The van der Waals surface area contributed by atoms with Crippen LogP contribution in [0, 0.1) is 6.92 Å². The third-order valence-electron chi connectivity index (χ3n) is 3.10. The Bertz CT molecular complexity index is 766. The number of hydrogen-bond acceptors (Lipinski definition) is 3. The van der Waals surface area contributed by atoms with Crippen LogP contribution in [0.4, 0.5) is 5.69 Å². The van der Waals surface area contributed by atoms with Gasteiger partial charge in [0.15, 0.2) is 5.76 Å². The van der Waals surface area contributed by atoms with Gasteiger partial charge in [-0.2, -0.15) is 5.10 Å². The first kappa shape index (κ1) is 14.2. The molecule has 0 unspecified atom stereocenters. The smallest absolute Gasteiger partial charge is 0.152 e. The number of aryl methyl sites for hydroxylation is 1. The van der Waals surface area contributed by atoms with Crippen molar-refractivity contribution in [2.45, 2.75) is 13.5 Å². The minimum absolute atomic E-state index is 0.599. The Hall–Kier alpha value is -1.72. The van der Waals surface area contributed by atoms with E-state index < -0.39 is 0 Å². The molecule has 0 saturated carbocycles. The molecule has 0 atom stereocenters. The van der Waals surface area contributed by atoms with Gasteiger partial charge in [0.25, 0.3) is 0 Å². The van der Waals surface area contributed by atoms with E-state index in [1.807, 2.05) is 37.3 Å². The van der Waals surface area contributed by atoms with Crippen LogP contribution in [0.25, 0.3) is 11.5 Å². The third kappa shape index (κ3) is 3.14. The van der Waals surface area contributed by atoms with Gasteiger partial charge in [-0.1, -0.05) is 27.5 Å². The molecule has 3 aromatic rings. The van der Waals surface area contributed by atoms with E-state index in [1.54, 1.807) is 6.20 Å². The lowest BCUT2D eigenvalue weighted by atomic mass is 10.2. The van der Waals surface area contributed by atoms with Gasteiger partial charge in [0.05, 0.1) is 16.9 Å². The maximum atomic E-state index is 6.17. The number of H-pyrrole nitrogens is 1. The second-order valence-corrected chi connectivity index (χ2v) is 5.98. The zero-order valence-corrected chi connectivity index (χ0v) is 13.6. The second kappa shape index (κ2) is 5.95. The van der Waals surface area contributed by atoms with E-state index in [4.69, 9.17) is 16.0 Å². The van der Waals surface area contributed by atoms with E-state index in [2.05, 4.69) is 31.4 Å². The average molecular weight is 367 g/mol. The van der Waals surface area contributed by atoms with Crippen LogP contribution in [0.1, 0.15) is 11.3 Å². The van der Waals surface area contributed by atoms with E-state index in [1.165, 1.54) is 0 Å². The van der Waals surface area contributed by atoms with Crippen LogP contribution < -0.4 is 5.32 Å². The number of benzene rings is 1. The lowest BCUT2D eigenvalue weighted by Gasteiger charge is -2.08. The van der Waals surface area contributed by atoms with Gasteiger partial charge in [0, 0.05) is 16.6 Å². The molecular weight excluding hydrogens is 354 g/mol. The topological polar surface area (TPSA) is 53.9 Å². The van der Waals surface area contributed by atoms with Crippen LogP contribution in [0.2, 0.25) is 5.02 Å². The van der Waals surface area contributed by atoms with E-state index in [0.717, 1.165) is 32.9 Å². The lowest BCUT2D eigenvalue weighted by Crippen LogP contribution is -2.00. The maximum absolute atomic E-state index is 6.17. The SMILES string of the molecule is Cc1ccc(-c2[nH]ncc2CNc2cc(Br)ccc2Cl)o1. The molecule has 2 heterocycles. The summed E-state index contributed by atoms with van der Waals surface area (Å²) in [7, 11) is 0. The number of furan rings is 1. The normalized spacial score (nSPS) is 10.8. The Morgan fingerprint density at radius 3 is 2.95 bits per heavy atom. The average Bonchev–Trinajstić information content (AvgIpc) is 3.08. The van der Waals surface area contributed by atoms with Crippen LogP contribution >= 0.6 is 27.5 Å². The highest BCUT2D eigenvalue weighted by Crippen LogP contribution is 2.28. The molecule has 2 aromatic heterocycles. The molecule has 0 aliphatic rings. The van der Waals surface area contributed by atoms with Gasteiger partial charge in [-0.15, -0.1) is 0 Å². The number of anilines is 1. The summed E-state index contributed by atoms with van der Waals surface area (Å²) >= 11 is 9.61. The fraction of sp³-hybridized carbons (Fsp3) is 0.133. The molecule has 0 spiro atoms. The fourth-order valence-electron chi connectivity index (χ4n) is 2.05. The highest BCUT2D eigenvalue weighted by Gasteiger charge is 2.11. The minimum Gasteiger partial charge on any atom is -0.460 e. The highest BCUT2D eigenvalue weighted by atomic mass is 79.9. The second-order valence-electron chi connectivity index (χ2n) is 4.66. The van der Waals surface area contributed by atoms with Gasteiger partial charge in [-0.25, -0.2) is 0 Å². The third-order valence-corrected chi connectivity index (χ3v) is 3.93. The predicted octanol–water partition coefficient (Wildman–Crippen LogP) is 5.01. The molecule has 0 bridgehead atoms. The first-order chi connectivity index (χ1) is 10.1. The molecule has 3 rings (SSSR count). The van der Waals surface area contributed by atoms with Crippen molar-refractivity contribution in [3.8, 4) is 11.5 Å². The fourth-order valence-corrected chi connectivity index (χ4v) is 2.60. The summed E-state index contributed by atoms with van der Waals surface area (Å²) in [5.74, 6) is 1.65. The predicted molar refractivity (Wildman–Crippen MR) is 87.5 cm³/mol. The van der Waals surface area contributed by atoms with E-state index in [0.29, 0.717) is 11.6 Å². The Labute approximate surface area is 135 Å². The molecule has 21 heavy (non-hydrogen) atoms. The first-order valence-electron chi connectivity index (χ1n) is 6.41. The summed E-state index contributed by atoms with van der Waals surface area (Å²) in [5.41, 5.74) is 2.76. The van der Waals surface area contributed by atoms with Gasteiger partial charge in [0.1, 0.15) is 11.5 Å². The number of aromatic nitrogens is 2. The summed E-state index contributed by atoms with van der Waals surface area (Å²) in [6, 6.07) is 9.55. The van der Waals surface area contributed by atoms with Gasteiger partial charge in [0.2, 0.25) is 0 Å². The van der Waals surface area contributed by atoms with Gasteiger partial charge >= 0.3 is 0 Å². The van der Waals surface area contributed by atoms with Gasteiger partial charge in [-0.3, -0.25) is 5.10 Å². The molecule has 0 aliphatic heterocycles. The molecule has 108 valence electrons. The number of nitrogens with one attached hydrogen (secondary N) is 2. The van der Waals surface area contributed by atoms with Crippen LogP contribution in [-0.4, -0.2) is 10.2 Å². The van der Waals surface area contributed by atoms with E-state index in [-0.39, 0.29) is 0 Å². The van der Waals surface area contributed by atoms with Gasteiger partial charge < -0.3 is 9.73 Å². The monoisotopic (exact) mass is 365 g/mol. The van der Waals surface area contributed by atoms with Crippen LogP contribution in [-0.2, 0) is 6.54 Å². The van der Waals surface area contributed by atoms with E-state index >= 15 is 0 Å². The maximum Gasteiger partial charge on any atom is 0.152 e. The molecular formula is C15H13BrClN3O. The molecule has 4 nitrogen and oxygen atoms in total. The summed E-state index contributed by atoms with van der Waals surface area (Å²) in [4.78, 5) is 0. The van der Waals surface area contributed by atoms with Gasteiger partial charge in [-0.05, 0) is 37.3 Å². The summed E-state index contributed by atoms with van der Waals surface area (Å²) in [6.45, 7) is 2.51. The molecule has 0 saturated heterocycles. The van der Waals surface area contributed by atoms with Crippen molar-refractivity contribution in [1.29, 1.82) is 0 Å². The number of hydrogen-bond donors (Lipinski definition) is 2. The molecule has 6 heteroatoms. The number of rotatable bonds is 4. The van der Waals surface area contributed by atoms with Crippen molar-refractivity contribution in [3.63, 3.8) is 0 Å². The highest BCUT2D eigenvalue weighted by molar-refractivity contribution is 9.10. The standard InChI is InChI=1S/C15H13BrClN3O/c1-9-2-5-14(21-9)15-10(8-19-20-15)7-18-13-6-11(16)3-4-12(13)17/h2-6,8,18H,7H2,1H3,(H,19,20). The zero-order chi connectivity index (χ0) is 14.8. The summed E-state index contributed by atoms with van der Waals surface area (Å²) in [5, 5.41) is 11.1. The molecule has 0 amide bonds. The summed E-state index contributed by atoms with van der Waals surface area (Å²) in [6.07, 6.45) is 1.78. The minimum atomic E-state index is 0.599. The van der Waals surface area contributed by atoms with Crippen LogP contribution in [0.3, 0.4) is 0 Å². The van der Waals surface area contributed by atoms with Crippen molar-refractivity contribution in [3.05, 3.63) is 57.3 Å². The quantitative estimate of drug-likeness (QED) is 0.682. The zero-order valence-electron chi connectivity index (χ0n) is 11.3. The Morgan fingerprint density at radius 2 is 2.19 bits per heavy atom. The Morgan fingerprint density at radius 1 is 1.33 bits per heavy atom. The Balaban J connectivity index is 1.80. The number of halogens is 2. The summed E-state index contributed by atoms with van der Waals surface area (Å²) < 4.78 is 6.61. The molecule has 0 radical (unpaired) electrons. The van der Waals surface area contributed by atoms with E-state index in [9.17, 15) is 0 Å². The lowest BCUT2D eigenvalue weighted by molar-refractivity contribution is 0.545.